The number of nitrogens with two attached hydrogens (primary N) is 1. The number of amides is 1. The van der Waals surface area contributed by atoms with Crippen LogP contribution in [-0.2, 0) is 0 Å². The zero-order valence-electron chi connectivity index (χ0n) is 11.1. The smallest absolute Gasteiger partial charge is 0.254 e. The van der Waals surface area contributed by atoms with Gasteiger partial charge in [-0.25, -0.2) is 4.39 Å². The molecule has 0 saturated heterocycles. The summed E-state index contributed by atoms with van der Waals surface area (Å²) in [4.78, 5) is 11.9. The summed E-state index contributed by atoms with van der Waals surface area (Å²) in [6.07, 6.45) is 5.14. The molecular weight excluding hydrogens is 302 g/mol. The van der Waals surface area contributed by atoms with Gasteiger partial charge in [0.2, 0.25) is 0 Å². The number of rotatable bonds is 3. The molecule has 1 aromatic carbocycles. The van der Waals surface area contributed by atoms with Crippen molar-refractivity contribution >= 4 is 29.9 Å². The van der Waals surface area contributed by atoms with Crippen LogP contribution >= 0.6 is 24.0 Å². The molecule has 3 nitrogen and oxygen atoms in total. The van der Waals surface area contributed by atoms with Gasteiger partial charge in [0.25, 0.3) is 5.91 Å². The summed E-state index contributed by atoms with van der Waals surface area (Å²) >= 11 is 5.77. The molecule has 0 spiro atoms. The van der Waals surface area contributed by atoms with E-state index in [2.05, 4.69) is 5.32 Å². The lowest BCUT2D eigenvalue weighted by Crippen LogP contribution is -2.51. The van der Waals surface area contributed by atoms with Crippen LogP contribution in [0, 0.1) is 5.82 Å². The highest BCUT2D eigenvalue weighted by Gasteiger charge is 2.28. The molecule has 20 heavy (non-hydrogen) atoms. The van der Waals surface area contributed by atoms with Gasteiger partial charge in [0.1, 0.15) is 5.82 Å². The van der Waals surface area contributed by atoms with Crippen LogP contribution in [0.15, 0.2) is 18.2 Å². The molecule has 1 aromatic rings. The Hall–Kier alpha value is -0.840. The van der Waals surface area contributed by atoms with Gasteiger partial charge in [0.15, 0.2) is 0 Å². The van der Waals surface area contributed by atoms with E-state index in [1.807, 2.05) is 0 Å². The Morgan fingerprint density at radius 3 is 2.65 bits per heavy atom. The number of benzene rings is 1. The van der Waals surface area contributed by atoms with Crippen LogP contribution in [0.3, 0.4) is 0 Å². The average molecular weight is 321 g/mol. The van der Waals surface area contributed by atoms with Crippen molar-refractivity contribution in [1.82, 2.24) is 5.32 Å². The monoisotopic (exact) mass is 320 g/mol. The van der Waals surface area contributed by atoms with E-state index in [0.29, 0.717) is 11.6 Å². The highest BCUT2D eigenvalue weighted by Crippen LogP contribution is 2.25. The molecule has 1 fully saturated rings. The van der Waals surface area contributed by atoms with Crippen molar-refractivity contribution in [3.63, 3.8) is 0 Å². The Balaban J connectivity index is 0.00000200. The molecule has 0 aromatic heterocycles. The van der Waals surface area contributed by atoms with Gasteiger partial charge in [-0.05, 0) is 31.0 Å². The van der Waals surface area contributed by atoms with E-state index in [9.17, 15) is 9.18 Å². The van der Waals surface area contributed by atoms with Gasteiger partial charge >= 0.3 is 0 Å². The molecule has 1 amide bonds. The van der Waals surface area contributed by atoms with Gasteiger partial charge < -0.3 is 11.1 Å². The summed E-state index contributed by atoms with van der Waals surface area (Å²) in [5.74, 6) is -1.04. The summed E-state index contributed by atoms with van der Waals surface area (Å²) in [6.45, 7) is 0.373. The van der Waals surface area contributed by atoms with E-state index in [1.54, 1.807) is 0 Å². The molecule has 0 atom stereocenters. The molecular formula is C14H19Cl2FN2O. The van der Waals surface area contributed by atoms with E-state index < -0.39 is 11.7 Å². The summed E-state index contributed by atoms with van der Waals surface area (Å²) in [7, 11) is 0. The number of hydrogen-bond acceptors (Lipinski definition) is 2. The highest BCUT2D eigenvalue weighted by atomic mass is 35.5. The fraction of sp³-hybridized carbons (Fsp3) is 0.500. The third-order valence-electron chi connectivity index (χ3n) is 3.62. The van der Waals surface area contributed by atoms with E-state index in [1.165, 1.54) is 24.6 Å². The maximum Gasteiger partial charge on any atom is 0.254 e. The fourth-order valence-electron chi connectivity index (χ4n) is 2.46. The first-order valence-electron chi connectivity index (χ1n) is 6.52. The average Bonchev–Trinajstić information content (AvgIpc) is 2.40. The number of hydrogen-bond donors (Lipinski definition) is 2. The van der Waals surface area contributed by atoms with Crippen LogP contribution in [0.5, 0.6) is 0 Å². The molecule has 6 heteroatoms. The topological polar surface area (TPSA) is 55.1 Å². The summed E-state index contributed by atoms with van der Waals surface area (Å²) in [6, 6.07) is 3.94. The third kappa shape index (κ3) is 4.33. The van der Waals surface area contributed by atoms with Crippen molar-refractivity contribution in [1.29, 1.82) is 0 Å². The lowest BCUT2D eigenvalue weighted by Gasteiger charge is -2.33. The number of carbonyl (C=O) groups is 1. The predicted octanol–water partition coefficient (Wildman–Crippen LogP) is 3.29. The van der Waals surface area contributed by atoms with Crippen LogP contribution in [0.25, 0.3) is 0 Å². The third-order valence-corrected chi connectivity index (χ3v) is 3.86. The second-order valence-corrected chi connectivity index (χ2v) is 5.67. The second kappa shape index (κ2) is 7.25. The number of carbonyl (C=O) groups excluding carboxylic acids is 1. The van der Waals surface area contributed by atoms with Crippen molar-refractivity contribution in [2.24, 2.45) is 5.73 Å². The molecule has 0 aliphatic heterocycles. The van der Waals surface area contributed by atoms with Gasteiger partial charge in [0, 0.05) is 17.1 Å². The van der Waals surface area contributed by atoms with Gasteiger partial charge in [-0.15, -0.1) is 12.4 Å². The minimum absolute atomic E-state index is 0. The first kappa shape index (κ1) is 17.2. The molecule has 1 aliphatic rings. The Kier molecular flexibility index (Phi) is 6.24. The van der Waals surface area contributed by atoms with Gasteiger partial charge in [-0.2, -0.15) is 0 Å². The van der Waals surface area contributed by atoms with Gasteiger partial charge in [-0.1, -0.05) is 30.9 Å². The van der Waals surface area contributed by atoms with Crippen LogP contribution in [0.2, 0.25) is 5.02 Å². The Bertz CT molecular complexity index is 476. The minimum Gasteiger partial charge on any atom is -0.350 e. The Morgan fingerprint density at radius 2 is 2.00 bits per heavy atom. The number of halogens is 3. The maximum absolute atomic E-state index is 13.5. The molecule has 2 rings (SSSR count). The molecule has 112 valence electrons. The first-order chi connectivity index (χ1) is 9.00. The molecule has 3 N–H and O–H groups in total. The van der Waals surface area contributed by atoms with Crippen LogP contribution in [-0.4, -0.2) is 18.0 Å². The highest BCUT2D eigenvalue weighted by molar-refractivity contribution is 6.31. The van der Waals surface area contributed by atoms with Crippen molar-refractivity contribution in [3.8, 4) is 0 Å². The Morgan fingerprint density at radius 1 is 1.35 bits per heavy atom. The second-order valence-electron chi connectivity index (χ2n) is 5.23. The minimum atomic E-state index is -0.573. The van der Waals surface area contributed by atoms with Crippen molar-refractivity contribution < 1.29 is 9.18 Å². The van der Waals surface area contributed by atoms with Crippen molar-refractivity contribution in [2.45, 2.75) is 37.6 Å². The quantitative estimate of drug-likeness (QED) is 0.897. The van der Waals surface area contributed by atoms with Crippen molar-refractivity contribution in [3.05, 3.63) is 34.6 Å². The van der Waals surface area contributed by atoms with E-state index in [4.69, 9.17) is 17.3 Å². The zero-order chi connectivity index (χ0) is 13.9. The number of nitrogens with one attached hydrogen (secondary N) is 1. The standard InChI is InChI=1S/C14H18ClFN2O.ClH/c15-10-4-5-12(16)11(8-10)13(19)18-9-14(17)6-2-1-3-7-14;/h4-5,8H,1-3,6-7,9,17H2,(H,18,19);1H. The van der Waals surface area contributed by atoms with Crippen LogP contribution < -0.4 is 11.1 Å². The summed E-state index contributed by atoms with van der Waals surface area (Å²) in [5.41, 5.74) is 5.83. The Labute approximate surface area is 129 Å². The van der Waals surface area contributed by atoms with Gasteiger partial charge in [-0.3, -0.25) is 4.79 Å². The lowest BCUT2D eigenvalue weighted by atomic mass is 9.82. The lowest BCUT2D eigenvalue weighted by molar-refractivity contribution is 0.0933. The largest absolute Gasteiger partial charge is 0.350 e. The first-order valence-corrected chi connectivity index (χ1v) is 6.90. The molecule has 0 heterocycles. The summed E-state index contributed by atoms with van der Waals surface area (Å²) < 4.78 is 13.5. The maximum atomic E-state index is 13.5. The molecule has 0 radical (unpaired) electrons. The van der Waals surface area contributed by atoms with Crippen LogP contribution in [0.1, 0.15) is 42.5 Å². The fourth-order valence-corrected chi connectivity index (χ4v) is 2.63. The van der Waals surface area contributed by atoms with E-state index >= 15 is 0 Å². The zero-order valence-corrected chi connectivity index (χ0v) is 12.7. The molecule has 0 bridgehead atoms. The molecule has 1 aliphatic carbocycles. The molecule has 0 unspecified atom stereocenters. The van der Waals surface area contributed by atoms with E-state index in [0.717, 1.165) is 25.7 Å². The molecule has 1 saturated carbocycles. The SMILES string of the molecule is Cl.NC1(CNC(=O)c2cc(Cl)ccc2F)CCCCC1. The van der Waals surface area contributed by atoms with E-state index in [-0.39, 0.29) is 23.5 Å². The van der Waals surface area contributed by atoms with Crippen LogP contribution in [0.4, 0.5) is 4.39 Å². The summed E-state index contributed by atoms with van der Waals surface area (Å²) in [5, 5.41) is 3.05. The predicted molar refractivity (Wildman–Crippen MR) is 81.0 cm³/mol. The normalized spacial score (nSPS) is 17.1. The van der Waals surface area contributed by atoms with Gasteiger partial charge in [0.05, 0.1) is 5.56 Å². The van der Waals surface area contributed by atoms with Crippen molar-refractivity contribution in [2.75, 3.05) is 6.54 Å².